The molecule has 0 saturated carbocycles. The zero-order valence-corrected chi connectivity index (χ0v) is 15.8. The Hall–Kier alpha value is -2.30. The molecule has 1 aromatic carbocycles. The molecule has 1 amide bonds. The summed E-state index contributed by atoms with van der Waals surface area (Å²) in [7, 11) is 0. The zero-order chi connectivity index (χ0) is 18.4. The van der Waals surface area contributed by atoms with Crippen molar-refractivity contribution in [3.8, 4) is 6.07 Å². The van der Waals surface area contributed by atoms with Crippen LogP contribution in [0.3, 0.4) is 0 Å². The number of hydrogen-bond acceptors (Lipinski definition) is 6. The SMILES string of the molecule is N#Cc1c(NC(=O)COC(=O)CCSc2ccccc2)sc2c1CCC2. The first kappa shape index (κ1) is 18.5. The molecule has 3 rings (SSSR count). The van der Waals surface area contributed by atoms with E-state index in [2.05, 4.69) is 11.4 Å². The number of amides is 1. The molecule has 1 aliphatic carbocycles. The van der Waals surface area contributed by atoms with Gasteiger partial charge in [-0.3, -0.25) is 9.59 Å². The monoisotopic (exact) mass is 386 g/mol. The van der Waals surface area contributed by atoms with Crippen LogP contribution < -0.4 is 5.32 Å². The Labute approximate surface area is 160 Å². The summed E-state index contributed by atoms with van der Waals surface area (Å²) in [5.74, 6) is -0.219. The van der Waals surface area contributed by atoms with E-state index in [9.17, 15) is 14.9 Å². The van der Waals surface area contributed by atoms with Crippen molar-refractivity contribution in [2.75, 3.05) is 17.7 Å². The molecule has 1 N–H and O–H groups in total. The molecule has 1 aromatic heterocycles. The molecular formula is C19H18N2O3S2. The van der Waals surface area contributed by atoms with Crippen LogP contribution in [0, 0.1) is 11.3 Å². The van der Waals surface area contributed by atoms with Crippen molar-refractivity contribution in [2.45, 2.75) is 30.6 Å². The Morgan fingerprint density at radius 2 is 2.08 bits per heavy atom. The Bertz CT molecular complexity index is 840. The van der Waals surface area contributed by atoms with E-state index in [4.69, 9.17) is 4.74 Å². The molecule has 26 heavy (non-hydrogen) atoms. The molecule has 2 aromatic rings. The van der Waals surface area contributed by atoms with Crippen molar-refractivity contribution >= 4 is 40.0 Å². The van der Waals surface area contributed by atoms with E-state index in [1.54, 1.807) is 11.8 Å². The lowest BCUT2D eigenvalue weighted by Crippen LogP contribution is -2.21. The third kappa shape index (κ3) is 4.65. The number of fused-ring (bicyclic) bond motifs is 1. The van der Waals surface area contributed by atoms with Crippen LogP contribution in [0.15, 0.2) is 35.2 Å². The zero-order valence-electron chi connectivity index (χ0n) is 14.1. The number of esters is 1. The average molecular weight is 386 g/mol. The molecule has 134 valence electrons. The van der Waals surface area contributed by atoms with E-state index in [0.717, 1.165) is 29.7 Å². The lowest BCUT2D eigenvalue weighted by molar-refractivity contribution is -0.146. The summed E-state index contributed by atoms with van der Waals surface area (Å²) in [5.41, 5.74) is 1.61. The summed E-state index contributed by atoms with van der Waals surface area (Å²) >= 11 is 3.02. The summed E-state index contributed by atoms with van der Waals surface area (Å²) in [6.07, 6.45) is 3.14. The highest BCUT2D eigenvalue weighted by atomic mass is 32.2. The average Bonchev–Trinajstić information content (AvgIpc) is 3.21. The number of nitrogens with zero attached hydrogens (tertiary/aromatic N) is 1. The highest BCUT2D eigenvalue weighted by Gasteiger charge is 2.23. The number of thioether (sulfide) groups is 1. The number of rotatable bonds is 7. The van der Waals surface area contributed by atoms with Crippen molar-refractivity contribution in [3.05, 3.63) is 46.3 Å². The Balaban J connectivity index is 1.41. The minimum absolute atomic E-state index is 0.240. The van der Waals surface area contributed by atoms with Crippen molar-refractivity contribution in [3.63, 3.8) is 0 Å². The smallest absolute Gasteiger partial charge is 0.307 e. The van der Waals surface area contributed by atoms with Gasteiger partial charge in [0.1, 0.15) is 11.1 Å². The number of nitrogens with one attached hydrogen (secondary N) is 1. The van der Waals surface area contributed by atoms with E-state index in [0.29, 0.717) is 16.3 Å². The van der Waals surface area contributed by atoms with E-state index < -0.39 is 11.9 Å². The molecule has 0 spiro atoms. The highest BCUT2D eigenvalue weighted by molar-refractivity contribution is 7.99. The maximum Gasteiger partial charge on any atom is 0.307 e. The van der Waals surface area contributed by atoms with Gasteiger partial charge in [-0.1, -0.05) is 18.2 Å². The molecule has 1 heterocycles. The topological polar surface area (TPSA) is 79.2 Å². The number of thiophene rings is 1. The quantitative estimate of drug-likeness (QED) is 0.579. The molecule has 0 saturated heterocycles. The lowest BCUT2D eigenvalue weighted by atomic mass is 10.1. The van der Waals surface area contributed by atoms with Crippen molar-refractivity contribution in [1.82, 2.24) is 0 Å². The van der Waals surface area contributed by atoms with Crippen LogP contribution in [0.4, 0.5) is 5.00 Å². The molecule has 0 radical (unpaired) electrons. The van der Waals surface area contributed by atoms with Gasteiger partial charge in [0.25, 0.3) is 5.91 Å². The predicted molar refractivity (Wildman–Crippen MR) is 102 cm³/mol. The Kier molecular flexibility index (Phi) is 6.31. The summed E-state index contributed by atoms with van der Waals surface area (Å²) in [4.78, 5) is 26.0. The van der Waals surface area contributed by atoms with Crippen LogP contribution in [0.25, 0.3) is 0 Å². The Morgan fingerprint density at radius 3 is 2.85 bits per heavy atom. The van der Waals surface area contributed by atoms with Crippen LogP contribution >= 0.6 is 23.1 Å². The fourth-order valence-electron chi connectivity index (χ4n) is 2.76. The maximum absolute atomic E-state index is 12.0. The number of ether oxygens (including phenoxy) is 1. The summed E-state index contributed by atoms with van der Waals surface area (Å²) in [5, 5.41) is 12.6. The van der Waals surface area contributed by atoms with E-state index in [-0.39, 0.29) is 13.0 Å². The van der Waals surface area contributed by atoms with Gasteiger partial charge in [0.15, 0.2) is 6.61 Å². The van der Waals surface area contributed by atoms with Gasteiger partial charge in [-0.2, -0.15) is 5.26 Å². The van der Waals surface area contributed by atoms with E-state index in [1.807, 2.05) is 30.3 Å². The summed E-state index contributed by atoms with van der Waals surface area (Å²) < 4.78 is 5.02. The van der Waals surface area contributed by atoms with Gasteiger partial charge in [-0.25, -0.2) is 0 Å². The van der Waals surface area contributed by atoms with Crippen LogP contribution in [0.5, 0.6) is 0 Å². The van der Waals surface area contributed by atoms with Gasteiger partial charge >= 0.3 is 5.97 Å². The third-order valence-corrected chi connectivity index (χ3v) is 6.19. The number of nitriles is 1. The molecule has 5 nitrogen and oxygen atoms in total. The third-order valence-electron chi connectivity index (χ3n) is 3.97. The fraction of sp³-hybridized carbons (Fsp3) is 0.316. The second-order valence-electron chi connectivity index (χ2n) is 5.79. The standard InChI is InChI=1S/C19H18N2O3S2/c20-11-15-14-7-4-8-16(14)26-19(15)21-17(22)12-24-18(23)9-10-25-13-5-2-1-3-6-13/h1-3,5-6H,4,7-10,12H2,(H,21,22). The summed E-state index contributed by atoms with van der Waals surface area (Å²) in [6, 6.07) is 12.0. The minimum Gasteiger partial charge on any atom is -0.456 e. The van der Waals surface area contributed by atoms with Gasteiger partial charge in [-0.15, -0.1) is 23.1 Å². The lowest BCUT2D eigenvalue weighted by Gasteiger charge is -2.06. The minimum atomic E-state index is -0.412. The van der Waals surface area contributed by atoms with E-state index in [1.165, 1.54) is 16.2 Å². The van der Waals surface area contributed by atoms with Crippen LogP contribution in [0.2, 0.25) is 0 Å². The molecule has 0 unspecified atom stereocenters. The van der Waals surface area contributed by atoms with E-state index >= 15 is 0 Å². The molecule has 1 aliphatic rings. The van der Waals surface area contributed by atoms with Gasteiger partial charge in [0.05, 0.1) is 12.0 Å². The second-order valence-corrected chi connectivity index (χ2v) is 8.07. The van der Waals surface area contributed by atoms with Gasteiger partial charge in [-0.05, 0) is 37.0 Å². The number of carbonyl (C=O) groups is 2. The number of carbonyl (C=O) groups excluding carboxylic acids is 2. The molecular weight excluding hydrogens is 368 g/mol. The predicted octanol–water partition coefficient (Wildman–Crippen LogP) is 3.77. The molecule has 0 atom stereocenters. The van der Waals surface area contributed by atoms with Crippen LogP contribution in [0.1, 0.15) is 28.8 Å². The van der Waals surface area contributed by atoms with Crippen molar-refractivity contribution < 1.29 is 14.3 Å². The fourth-order valence-corrected chi connectivity index (χ4v) is 4.87. The largest absolute Gasteiger partial charge is 0.456 e. The molecule has 0 bridgehead atoms. The summed E-state index contributed by atoms with van der Waals surface area (Å²) in [6.45, 7) is -0.331. The van der Waals surface area contributed by atoms with Crippen molar-refractivity contribution in [1.29, 1.82) is 5.26 Å². The highest BCUT2D eigenvalue weighted by Crippen LogP contribution is 2.38. The van der Waals surface area contributed by atoms with Gasteiger partial charge in [0.2, 0.25) is 0 Å². The van der Waals surface area contributed by atoms with Gasteiger partial charge < -0.3 is 10.1 Å². The van der Waals surface area contributed by atoms with Crippen LogP contribution in [-0.4, -0.2) is 24.2 Å². The molecule has 0 aliphatic heterocycles. The molecule has 7 heteroatoms. The first-order valence-electron chi connectivity index (χ1n) is 8.35. The van der Waals surface area contributed by atoms with Crippen molar-refractivity contribution in [2.24, 2.45) is 0 Å². The Morgan fingerprint density at radius 1 is 1.27 bits per heavy atom. The van der Waals surface area contributed by atoms with Crippen LogP contribution in [-0.2, 0) is 27.2 Å². The number of anilines is 1. The first-order chi connectivity index (χ1) is 12.7. The maximum atomic E-state index is 12.0. The first-order valence-corrected chi connectivity index (χ1v) is 10.2. The number of aryl methyl sites for hydroxylation is 1. The second kappa shape index (κ2) is 8.88. The number of hydrogen-bond donors (Lipinski definition) is 1. The molecule has 0 fully saturated rings. The number of benzene rings is 1. The normalized spacial score (nSPS) is 12.3. The van der Waals surface area contributed by atoms with Gasteiger partial charge in [0, 0.05) is 15.5 Å².